The molecule has 0 radical (unpaired) electrons. The number of thiazole rings is 1. The molecule has 9 heteroatoms. The number of nitrogens with zero attached hydrogens (tertiary/aromatic N) is 3. The summed E-state index contributed by atoms with van der Waals surface area (Å²) in [6, 6.07) is 9.62. The van der Waals surface area contributed by atoms with E-state index in [0.29, 0.717) is 25.4 Å². The summed E-state index contributed by atoms with van der Waals surface area (Å²) in [5, 5.41) is 0.439. The number of nitrogens with one attached hydrogen (secondary N) is 1. The number of fused-ring (bicyclic) bond motifs is 1. The van der Waals surface area contributed by atoms with Gasteiger partial charge in [0.05, 0.1) is 5.75 Å². The number of benzene rings is 1. The highest BCUT2D eigenvalue weighted by Crippen LogP contribution is 2.25. The minimum atomic E-state index is -0.225. The van der Waals surface area contributed by atoms with Gasteiger partial charge >= 0.3 is 0 Å². The van der Waals surface area contributed by atoms with Crippen molar-refractivity contribution in [1.82, 2.24) is 19.4 Å². The second-order valence-electron chi connectivity index (χ2n) is 6.91. The maximum atomic E-state index is 12.5. The Kier molecular flexibility index (Phi) is 5.65. The molecule has 1 aliphatic rings. The molecule has 3 heterocycles. The molecule has 0 spiro atoms. The number of likely N-dealkylation sites (tertiary alicyclic amines) is 1. The largest absolute Gasteiger partial charge is 0.342 e. The standard InChI is InChI=1S/C19H20N4O2S3/c1-12-7-9-22(10-8-12)14(24)11-27-18-20-16-15(17(25)21-18)28-19(26)23(16)13-5-3-2-4-6-13/h2-6,12H,7-11H2,1H3,(H,20,21,25). The normalized spacial score (nSPS) is 15.2. The molecule has 0 saturated carbocycles. The van der Waals surface area contributed by atoms with Crippen LogP contribution < -0.4 is 5.56 Å². The highest BCUT2D eigenvalue weighted by Gasteiger charge is 2.21. The third-order valence-electron chi connectivity index (χ3n) is 4.90. The first-order valence-corrected chi connectivity index (χ1v) is 11.4. The van der Waals surface area contributed by atoms with Crippen LogP contribution in [0, 0.1) is 9.87 Å². The van der Waals surface area contributed by atoms with Crippen LogP contribution in [0.1, 0.15) is 19.8 Å². The first-order valence-electron chi connectivity index (χ1n) is 9.15. The number of hydrogen-bond acceptors (Lipinski definition) is 6. The third kappa shape index (κ3) is 3.92. The smallest absolute Gasteiger partial charge is 0.271 e. The van der Waals surface area contributed by atoms with Gasteiger partial charge in [0.25, 0.3) is 5.56 Å². The molecule has 28 heavy (non-hydrogen) atoms. The first-order chi connectivity index (χ1) is 13.5. The van der Waals surface area contributed by atoms with Gasteiger partial charge in [-0.05, 0) is 43.1 Å². The minimum absolute atomic E-state index is 0.0878. The van der Waals surface area contributed by atoms with Crippen LogP contribution in [0.25, 0.3) is 16.0 Å². The highest BCUT2D eigenvalue weighted by molar-refractivity contribution is 7.99. The second kappa shape index (κ2) is 8.18. The van der Waals surface area contributed by atoms with E-state index in [1.807, 2.05) is 39.8 Å². The van der Waals surface area contributed by atoms with Crippen molar-refractivity contribution in [2.24, 2.45) is 5.92 Å². The molecule has 2 aromatic heterocycles. The first kappa shape index (κ1) is 19.4. The Hall–Kier alpha value is -1.97. The Labute approximate surface area is 175 Å². The van der Waals surface area contributed by atoms with E-state index in [-0.39, 0.29) is 17.2 Å². The molecule has 0 atom stereocenters. The predicted octanol–water partition coefficient (Wildman–Crippen LogP) is 3.86. The van der Waals surface area contributed by atoms with E-state index in [9.17, 15) is 9.59 Å². The van der Waals surface area contributed by atoms with E-state index in [2.05, 4.69) is 16.9 Å². The highest BCUT2D eigenvalue weighted by atomic mass is 32.2. The third-order valence-corrected chi connectivity index (χ3v) is 7.12. The zero-order valence-corrected chi connectivity index (χ0v) is 17.8. The van der Waals surface area contributed by atoms with Gasteiger partial charge in [-0.1, -0.05) is 48.2 Å². The Morgan fingerprint density at radius 2 is 2.04 bits per heavy atom. The quantitative estimate of drug-likeness (QED) is 0.385. The van der Waals surface area contributed by atoms with Crippen LogP contribution in [0.5, 0.6) is 0 Å². The van der Waals surface area contributed by atoms with Gasteiger partial charge in [0.15, 0.2) is 14.8 Å². The molecule has 1 fully saturated rings. The predicted molar refractivity (Wildman–Crippen MR) is 116 cm³/mol. The van der Waals surface area contributed by atoms with Crippen LogP contribution in [-0.4, -0.2) is 44.2 Å². The molecule has 0 unspecified atom stereocenters. The molecule has 1 N–H and O–H groups in total. The van der Waals surface area contributed by atoms with Crippen molar-refractivity contribution < 1.29 is 4.79 Å². The average Bonchev–Trinajstić information content (AvgIpc) is 3.04. The van der Waals surface area contributed by atoms with Crippen LogP contribution in [0.2, 0.25) is 0 Å². The van der Waals surface area contributed by atoms with Crippen LogP contribution in [0.15, 0.2) is 40.3 Å². The number of amides is 1. The topological polar surface area (TPSA) is 71.0 Å². The lowest BCUT2D eigenvalue weighted by atomic mass is 9.99. The van der Waals surface area contributed by atoms with Crippen molar-refractivity contribution in [3.05, 3.63) is 44.6 Å². The fraction of sp³-hybridized carbons (Fsp3) is 0.368. The molecule has 1 aliphatic heterocycles. The van der Waals surface area contributed by atoms with Crippen molar-refractivity contribution in [2.75, 3.05) is 18.8 Å². The van der Waals surface area contributed by atoms with Crippen LogP contribution in [0.3, 0.4) is 0 Å². The van der Waals surface area contributed by atoms with Crippen LogP contribution in [-0.2, 0) is 4.79 Å². The van der Waals surface area contributed by atoms with Gasteiger partial charge in [0.2, 0.25) is 5.91 Å². The van der Waals surface area contributed by atoms with E-state index in [1.165, 1.54) is 23.1 Å². The molecule has 1 aromatic carbocycles. The van der Waals surface area contributed by atoms with E-state index in [4.69, 9.17) is 12.2 Å². The monoisotopic (exact) mass is 432 g/mol. The average molecular weight is 433 g/mol. The van der Waals surface area contributed by atoms with Crippen molar-refractivity contribution >= 4 is 51.6 Å². The van der Waals surface area contributed by atoms with Gasteiger partial charge in [0, 0.05) is 18.8 Å². The maximum absolute atomic E-state index is 12.5. The molecule has 146 valence electrons. The number of thioether (sulfide) groups is 1. The van der Waals surface area contributed by atoms with E-state index in [1.54, 1.807) is 0 Å². The Morgan fingerprint density at radius 1 is 1.32 bits per heavy atom. The summed E-state index contributed by atoms with van der Waals surface area (Å²) in [7, 11) is 0. The molecule has 0 bridgehead atoms. The molecule has 1 saturated heterocycles. The SMILES string of the molecule is CC1CCN(C(=O)CSc2nc3c(sc(=S)n3-c3ccccc3)c(=O)[nH]2)CC1. The summed E-state index contributed by atoms with van der Waals surface area (Å²) in [4.78, 5) is 34.3. The molecule has 0 aliphatic carbocycles. The summed E-state index contributed by atoms with van der Waals surface area (Å²) >= 11 is 7.97. The molecular formula is C19H20N4O2S3. The summed E-state index contributed by atoms with van der Waals surface area (Å²) in [6.45, 7) is 3.83. The number of rotatable bonds is 4. The number of piperidine rings is 1. The summed E-state index contributed by atoms with van der Waals surface area (Å²) in [6.07, 6.45) is 2.09. The number of aromatic nitrogens is 3. The van der Waals surface area contributed by atoms with Crippen molar-refractivity contribution in [3.63, 3.8) is 0 Å². The molecule has 4 rings (SSSR count). The Bertz CT molecular complexity index is 1110. The number of carbonyl (C=O) groups is 1. The maximum Gasteiger partial charge on any atom is 0.271 e. The molecule has 1 amide bonds. The number of para-hydroxylation sites is 1. The number of H-pyrrole nitrogens is 1. The summed E-state index contributed by atoms with van der Waals surface area (Å²) in [5.74, 6) is 1.03. The van der Waals surface area contributed by atoms with Gasteiger partial charge in [-0.25, -0.2) is 4.98 Å². The van der Waals surface area contributed by atoms with E-state index >= 15 is 0 Å². The fourth-order valence-corrected chi connectivity index (χ4v) is 5.28. The molecule has 6 nitrogen and oxygen atoms in total. The molecular weight excluding hydrogens is 412 g/mol. The van der Waals surface area contributed by atoms with E-state index < -0.39 is 0 Å². The van der Waals surface area contributed by atoms with Crippen LogP contribution >= 0.6 is 35.3 Å². The lowest BCUT2D eigenvalue weighted by Gasteiger charge is -2.30. The molecule has 3 aromatic rings. The Balaban J connectivity index is 1.59. The Morgan fingerprint density at radius 3 is 2.75 bits per heavy atom. The zero-order valence-electron chi connectivity index (χ0n) is 15.4. The lowest BCUT2D eigenvalue weighted by Crippen LogP contribution is -2.38. The summed E-state index contributed by atoms with van der Waals surface area (Å²) < 4.78 is 2.87. The van der Waals surface area contributed by atoms with Crippen molar-refractivity contribution in [2.45, 2.75) is 24.9 Å². The van der Waals surface area contributed by atoms with Crippen molar-refractivity contribution in [1.29, 1.82) is 0 Å². The van der Waals surface area contributed by atoms with Gasteiger partial charge in [0.1, 0.15) is 4.70 Å². The van der Waals surface area contributed by atoms with Crippen LogP contribution in [0.4, 0.5) is 0 Å². The fourth-order valence-electron chi connectivity index (χ4n) is 3.25. The minimum Gasteiger partial charge on any atom is -0.342 e. The van der Waals surface area contributed by atoms with Gasteiger partial charge < -0.3 is 9.88 Å². The summed E-state index contributed by atoms with van der Waals surface area (Å²) in [5.41, 5.74) is 1.18. The van der Waals surface area contributed by atoms with Gasteiger partial charge in [-0.15, -0.1) is 0 Å². The van der Waals surface area contributed by atoms with Crippen molar-refractivity contribution in [3.8, 4) is 5.69 Å². The van der Waals surface area contributed by atoms with Gasteiger partial charge in [-0.3, -0.25) is 14.2 Å². The second-order valence-corrected chi connectivity index (χ2v) is 9.52. The number of aromatic amines is 1. The number of hydrogen-bond donors (Lipinski definition) is 1. The number of carbonyl (C=O) groups excluding carboxylic acids is 1. The van der Waals surface area contributed by atoms with E-state index in [0.717, 1.165) is 31.6 Å². The van der Waals surface area contributed by atoms with Gasteiger partial charge in [-0.2, -0.15) is 0 Å². The lowest BCUT2D eigenvalue weighted by molar-refractivity contribution is -0.129. The zero-order chi connectivity index (χ0) is 19.7.